The maximum absolute atomic E-state index is 11.9. The number of hydrogen-bond donors (Lipinski definition) is 1. The fraction of sp³-hybridized carbons (Fsp3) is 0.900. The van der Waals surface area contributed by atoms with Crippen molar-refractivity contribution in [2.75, 3.05) is 26.0 Å². The van der Waals surface area contributed by atoms with Crippen LogP contribution in [-0.2, 0) is 19.6 Å². The maximum Gasteiger partial charge on any atom is 0.224 e. The van der Waals surface area contributed by atoms with E-state index in [1.807, 2.05) is 13.8 Å². The van der Waals surface area contributed by atoms with Crippen molar-refractivity contribution >= 4 is 15.9 Å². The molecule has 100 valence electrons. The van der Waals surface area contributed by atoms with Gasteiger partial charge in [0.2, 0.25) is 15.9 Å². The van der Waals surface area contributed by atoms with Crippen molar-refractivity contribution in [2.24, 2.45) is 0 Å². The molecule has 0 spiro atoms. The SMILES string of the molecule is C[C@@H]1CN(C(=O)CCNS(C)(=O)=O)[C@H](C)CO1. The van der Waals surface area contributed by atoms with Gasteiger partial charge in [0, 0.05) is 19.5 Å². The van der Waals surface area contributed by atoms with Gasteiger partial charge in [0.15, 0.2) is 0 Å². The Morgan fingerprint density at radius 3 is 2.71 bits per heavy atom. The summed E-state index contributed by atoms with van der Waals surface area (Å²) in [6.07, 6.45) is 1.30. The fourth-order valence-corrected chi connectivity index (χ4v) is 2.21. The zero-order chi connectivity index (χ0) is 13.1. The van der Waals surface area contributed by atoms with E-state index in [4.69, 9.17) is 4.74 Å². The average molecular weight is 264 g/mol. The normalized spacial score (nSPS) is 25.9. The van der Waals surface area contributed by atoms with Crippen LogP contribution >= 0.6 is 0 Å². The van der Waals surface area contributed by atoms with Crippen molar-refractivity contribution in [3.8, 4) is 0 Å². The zero-order valence-electron chi connectivity index (χ0n) is 10.5. The highest BCUT2D eigenvalue weighted by molar-refractivity contribution is 7.88. The summed E-state index contributed by atoms with van der Waals surface area (Å²) in [4.78, 5) is 13.6. The lowest BCUT2D eigenvalue weighted by Gasteiger charge is -2.36. The zero-order valence-corrected chi connectivity index (χ0v) is 11.3. The molecule has 0 bridgehead atoms. The van der Waals surface area contributed by atoms with E-state index in [0.29, 0.717) is 13.2 Å². The van der Waals surface area contributed by atoms with Gasteiger partial charge in [0.1, 0.15) is 0 Å². The molecule has 6 nitrogen and oxygen atoms in total. The number of rotatable bonds is 4. The van der Waals surface area contributed by atoms with Crippen LogP contribution in [0.2, 0.25) is 0 Å². The van der Waals surface area contributed by atoms with E-state index in [0.717, 1.165) is 6.26 Å². The Hall–Kier alpha value is -0.660. The second kappa shape index (κ2) is 5.79. The Bertz CT molecular complexity index is 369. The Kier molecular flexibility index (Phi) is 4.91. The molecule has 1 aliphatic rings. The van der Waals surface area contributed by atoms with E-state index < -0.39 is 10.0 Å². The molecule has 0 aromatic heterocycles. The molecule has 0 radical (unpaired) electrons. The third-order valence-electron chi connectivity index (χ3n) is 2.63. The standard InChI is InChI=1S/C10H20N2O4S/c1-8-7-16-9(2)6-12(8)10(13)4-5-11-17(3,14)15/h8-9,11H,4-7H2,1-3H3/t8-,9-/m1/s1. The lowest BCUT2D eigenvalue weighted by atomic mass is 10.2. The Morgan fingerprint density at radius 2 is 2.12 bits per heavy atom. The van der Waals surface area contributed by atoms with Gasteiger partial charge in [-0.1, -0.05) is 0 Å². The summed E-state index contributed by atoms with van der Waals surface area (Å²) in [7, 11) is -3.22. The number of sulfonamides is 1. The number of carbonyl (C=O) groups excluding carboxylic acids is 1. The first-order valence-electron chi connectivity index (χ1n) is 5.65. The first-order valence-corrected chi connectivity index (χ1v) is 7.54. The number of carbonyl (C=O) groups is 1. The first-order chi connectivity index (χ1) is 7.79. The molecule has 0 aromatic rings. The number of morpholine rings is 1. The van der Waals surface area contributed by atoms with E-state index in [-0.39, 0.29) is 31.0 Å². The number of nitrogens with one attached hydrogen (secondary N) is 1. The van der Waals surface area contributed by atoms with E-state index >= 15 is 0 Å². The van der Waals surface area contributed by atoms with Crippen molar-refractivity contribution < 1.29 is 17.9 Å². The predicted molar refractivity (Wildman–Crippen MR) is 64.1 cm³/mol. The van der Waals surface area contributed by atoms with Crippen LogP contribution in [0.3, 0.4) is 0 Å². The summed E-state index contributed by atoms with van der Waals surface area (Å²) in [5, 5.41) is 0. The molecular formula is C10H20N2O4S. The molecule has 7 heteroatoms. The highest BCUT2D eigenvalue weighted by Crippen LogP contribution is 2.12. The molecule has 1 rings (SSSR count). The van der Waals surface area contributed by atoms with Crippen molar-refractivity contribution in [3.05, 3.63) is 0 Å². The van der Waals surface area contributed by atoms with Gasteiger partial charge in [-0.3, -0.25) is 4.79 Å². The summed E-state index contributed by atoms with van der Waals surface area (Å²) < 4.78 is 29.4. The topological polar surface area (TPSA) is 75.7 Å². The minimum absolute atomic E-state index is 0.0381. The third-order valence-corrected chi connectivity index (χ3v) is 3.36. The Labute approximate surface area is 102 Å². The van der Waals surface area contributed by atoms with Crippen molar-refractivity contribution in [1.82, 2.24) is 9.62 Å². The predicted octanol–water partition coefficient (Wildman–Crippen LogP) is -0.438. The summed E-state index contributed by atoms with van der Waals surface area (Å²) in [6, 6.07) is 0.0527. The molecule has 1 amide bonds. The van der Waals surface area contributed by atoms with Crippen LogP contribution in [0.5, 0.6) is 0 Å². The largest absolute Gasteiger partial charge is 0.375 e. The number of amides is 1. The fourth-order valence-electron chi connectivity index (χ4n) is 1.74. The van der Waals surface area contributed by atoms with E-state index in [1.54, 1.807) is 4.90 Å². The third kappa shape index (κ3) is 5.01. The van der Waals surface area contributed by atoms with E-state index in [9.17, 15) is 13.2 Å². The van der Waals surface area contributed by atoms with Crippen LogP contribution in [0.15, 0.2) is 0 Å². The molecule has 1 heterocycles. The minimum atomic E-state index is -3.22. The lowest BCUT2D eigenvalue weighted by Crippen LogP contribution is -2.50. The Morgan fingerprint density at radius 1 is 1.47 bits per heavy atom. The molecule has 0 aromatic carbocycles. The molecule has 1 aliphatic heterocycles. The van der Waals surface area contributed by atoms with Crippen molar-refractivity contribution in [3.63, 3.8) is 0 Å². The number of nitrogens with zero attached hydrogens (tertiary/aromatic N) is 1. The Balaban J connectivity index is 2.41. The van der Waals surface area contributed by atoms with Crippen molar-refractivity contribution in [1.29, 1.82) is 0 Å². The summed E-state index contributed by atoms with van der Waals surface area (Å²) >= 11 is 0. The average Bonchev–Trinajstić information content (AvgIpc) is 2.19. The van der Waals surface area contributed by atoms with Gasteiger partial charge in [-0.2, -0.15) is 0 Å². The van der Waals surface area contributed by atoms with Gasteiger partial charge < -0.3 is 9.64 Å². The molecular weight excluding hydrogens is 244 g/mol. The van der Waals surface area contributed by atoms with Crippen LogP contribution in [-0.4, -0.2) is 57.3 Å². The van der Waals surface area contributed by atoms with Gasteiger partial charge in [-0.25, -0.2) is 13.1 Å². The smallest absolute Gasteiger partial charge is 0.224 e. The summed E-state index contributed by atoms with van der Waals surface area (Å²) in [6.45, 7) is 5.09. The molecule has 2 atom stereocenters. The molecule has 0 aliphatic carbocycles. The highest BCUT2D eigenvalue weighted by atomic mass is 32.2. The molecule has 0 unspecified atom stereocenters. The lowest BCUT2D eigenvalue weighted by molar-refractivity contribution is -0.143. The van der Waals surface area contributed by atoms with Crippen LogP contribution in [0.1, 0.15) is 20.3 Å². The molecule has 1 fully saturated rings. The molecule has 1 saturated heterocycles. The van der Waals surface area contributed by atoms with Crippen LogP contribution in [0.4, 0.5) is 0 Å². The monoisotopic (exact) mass is 264 g/mol. The van der Waals surface area contributed by atoms with Gasteiger partial charge >= 0.3 is 0 Å². The highest BCUT2D eigenvalue weighted by Gasteiger charge is 2.26. The van der Waals surface area contributed by atoms with Gasteiger partial charge in [0.05, 0.1) is 25.0 Å². The second-order valence-electron chi connectivity index (χ2n) is 4.46. The van der Waals surface area contributed by atoms with E-state index in [2.05, 4.69) is 4.72 Å². The second-order valence-corrected chi connectivity index (χ2v) is 6.29. The van der Waals surface area contributed by atoms with Crippen molar-refractivity contribution in [2.45, 2.75) is 32.4 Å². The van der Waals surface area contributed by atoms with Gasteiger partial charge in [-0.15, -0.1) is 0 Å². The molecule has 1 N–H and O–H groups in total. The minimum Gasteiger partial charge on any atom is -0.375 e. The van der Waals surface area contributed by atoms with E-state index in [1.165, 1.54) is 0 Å². The molecule has 0 saturated carbocycles. The summed E-state index contributed by atoms with van der Waals surface area (Å²) in [5.41, 5.74) is 0. The summed E-state index contributed by atoms with van der Waals surface area (Å²) in [5.74, 6) is -0.0381. The number of ether oxygens (including phenoxy) is 1. The first kappa shape index (κ1) is 14.4. The van der Waals surface area contributed by atoms with Gasteiger partial charge in [-0.05, 0) is 13.8 Å². The quantitative estimate of drug-likeness (QED) is 0.747. The van der Waals surface area contributed by atoms with Crippen LogP contribution < -0.4 is 4.72 Å². The number of hydrogen-bond acceptors (Lipinski definition) is 4. The van der Waals surface area contributed by atoms with Crippen LogP contribution in [0, 0.1) is 0 Å². The molecule has 17 heavy (non-hydrogen) atoms. The maximum atomic E-state index is 11.9. The van der Waals surface area contributed by atoms with Gasteiger partial charge in [0.25, 0.3) is 0 Å². The van der Waals surface area contributed by atoms with Crippen LogP contribution in [0.25, 0.3) is 0 Å².